The normalized spacial score (nSPS) is 42.7. The number of hydrogen-bond donors (Lipinski definition) is 3. The number of amides is 1. The summed E-state index contributed by atoms with van der Waals surface area (Å²) in [5.41, 5.74) is -2.20. The molecule has 3 aliphatic rings. The summed E-state index contributed by atoms with van der Waals surface area (Å²) in [5, 5.41) is 19.6. The van der Waals surface area contributed by atoms with Gasteiger partial charge in [-0.15, -0.1) is 0 Å². The van der Waals surface area contributed by atoms with Crippen LogP contribution in [0.5, 0.6) is 0 Å². The van der Waals surface area contributed by atoms with Gasteiger partial charge in [-0.05, 0) is 73.5 Å². The lowest BCUT2D eigenvalue weighted by Gasteiger charge is -2.47. The van der Waals surface area contributed by atoms with E-state index in [2.05, 4.69) is 17.6 Å². The molecule has 13 atom stereocenters. The van der Waals surface area contributed by atoms with Gasteiger partial charge in [-0.2, -0.15) is 5.06 Å². The quantitative estimate of drug-likeness (QED) is 0.195. The Bertz CT molecular complexity index is 1080. The number of aliphatic hydroxyl groups is 1. The zero-order chi connectivity index (χ0) is 35.4. The highest BCUT2D eigenvalue weighted by Crippen LogP contribution is 2.37. The molecule has 0 saturated carbocycles. The number of alkyl carbamates (subject to hydrolysis) is 1. The molecule has 0 aromatic carbocycles. The van der Waals surface area contributed by atoms with Crippen molar-refractivity contribution in [3.63, 3.8) is 0 Å². The number of carbonyl (C=O) groups is 3. The van der Waals surface area contributed by atoms with Crippen molar-refractivity contribution in [1.82, 2.24) is 20.6 Å². The van der Waals surface area contributed by atoms with E-state index in [9.17, 15) is 19.5 Å². The van der Waals surface area contributed by atoms with Crippen LogP contribution >= 0.6 is 0 Å². The van der Waals surface area contributed by atoms with Crippen molar-refractivity contribution in [3.05, 3.63) is 0 Å². The largest absolute Gasteiger partial charge is 0.458 e. The lowest BCUT2D eigenvalue weighted by atomic mass is 9.78. The van der Waals surface area contributed by atoms with Crippen LogP contribution < -0.4 is 10.6 Å². The van der Waals surface area contributed by atoms with Crippen LogP contribution in [0.2, 0.25) is 0 Å². The van der Waals surface area contributed by atoms with E-state index in [1.807, 2.05) is 39.8 Å². The van der Waals surface area contributed by atoms with Gasteiger partial charge in [0.15, 0.2) is 17.7 Å². The number of hydroxylamine groups is 2. The number of ether oxygens (including phenoxy) is 5. The van der Waals surface area contributed by atoms with Gasteiger partial charge in [0.05, 0.1) is 37.5 Å². The minimum atomic E-state index is -1.16. The van der Waals surface area contributed by atoms with Crippen LogP contribution in [0.25, 0.3) is 0 Å². The van der Waals surface area contributed by atoms with Gasteiger partial charge in [-0.3, -0.25) is 9.59 Å². The number of nitrogens with one attached hydrogen (secondary N) is 2. The number of carbonyl (C=O) groups excluding carboxylic acids is 3. The molecule has 14 heteroatoms. The molecule has 14 nitrogen and oxygen atoms in total. The molecule has 0 spiro atoms. The number of cyclic esters (lactones) is 1. The van der Waals surface area contributed by atoms with Gasteiger partial charge in [0, 0.05) is 32.2 Å². The summed E-state index contributed by atoms with van der Waals surface area (Å²) in [6.07, 6.45) is -3.40. The summed E-state index contributed by atoms with van der Waals surface area (Å²) >= 11 is 0. The molecular formula is C33H60N4O10. The van der Waals surface area contributed by atoms with E-state index in [4.69, 9.17) is 28.5 Å². The average Bonchev–Trinajstić information content (AvgIpc) is 3.34. The maximum atomic E-state index is 14.2. The molecule has 3 N–H and O–H groups in total. The molecule has 0 radical (unpaired) electrons. The van der Waals surface area contributed by atoms with Crippen molar-refractivity contribution in [2.24, 2.45) is 17.8 Å². The fraction of sp³-hybridized carbons (Fsp3) is 0.909. The molecule has 3 saturated heterocycles. The van der Waals surface area contributed by atoms with Gasteiger partial charge in [-0.25, -0.2) is 4.79 Å². The first-order valence-electron chi connectivity index (χ1n) is 16.8. The van der Waals surface area contributed by atoms with Gasteiger partial charge in [-0.1, -0.05) is 20.8 Å². The van der Waals surface area contributed by atoms with Crippen molar-refractivity contribution in [2.75, 3.05) is 48.5 Å². The molecule has 0 aromatic rings. The van der Waals surface area contributed by atoms with Crippen molar-refractivity contribution in [3.8, 4) is 0 Å². The Morgan fingerprint density at radius 1 is 1.06 bits per heavy atom. The second-order valence-corrected chi connectivity index (χ2v) is 14.4. The number of fused-ring (bicyclic) bond motifs is 1. The Hall–Kier alpha value is -1.91. The standard InChI is InChI=1S/C33H60N4O10/c1-13-24-33(7)27(35-31(41)47-33)21(5)34-16-18(2)15-32(6,42-11)28(19(3)25(38)20(4)29(40)45-24)46-30-26(39)23(36(8)9)14-22(44-30)17-37(10)43-12/h18-24,26-28,30,34,39H,13-17H2,1-12H3,(H,35,41)/t18-,19+,20?,21-,22?,23?,24-,26?,27-,28-,30?,32-,33-/m1/s1. The smallest absolute Gasteiger partial charge is 0.408 e. The second kappa shape index (κ2) is 16.2. The van der Waals surface area contributed by atoms with E-state index in [0.717, 1.165) is 0 Å². The molecule has 0 aliphatic carbocycles. The summed E-state index contributed by atoms with van der Waals surface area (Å²) in [5.74, 6) is -3.14. The van der Waals surface area contributed by atoms with Gasteiger partial charge < -0.3 is 49.2 Å². The molecule has 3 aliphatic heterocycles. The van der Waals surface area contributed by atoms with Crippen LogP contribution in [-0.2, 0) is 38.1 Å². The number of Topliss-reactive ketones (excluding diaryl/α,β-unsaturated/α-hetero) is 1. The van der Waals surface area contributed by atoms with E-state index in [1.54, 1.807) is 40.2 Å². The fourth-order valence-corrected chi connectivity index (χ4v) is 7.50. The molecule has 3 fully saturated rings. The third-order valence-corrected chi connectivity index (χ3v) is 10.5. The number of nitrogens with zero attached hydrogens (tertiary/aromatic N) is 2. The van der Waals surface area contributed by atoms with E-state index >= 15 is 0 Å². The fourth-order valence-electron chi connectivity index (χ4n) is 7.50. The number of esters is 1. The van der Waals surface area contributed by atoms with Gasteiger partial charge in [0.2, 0.25) is 0 Å². The minimum absolute atomic E-state index is 0.0114. The van der Waals surface area contributed by atoms with E-state index in [-0.39, 0.29) is 24.1 Å². The first-order valence-corrected chi connectivity index (χ1v) is 16.8. The first kappa shape index (κ1) is 39.5. The monoisotopic (exact) mass is 672 g/mol. The zero-order valence-electron chi connectivity index (χ0n) is 30.4. The average molecular weight is 673 g/mol. The molecule has 47 heavy (non-hydrogen) atoms. The number of aliphatic hydroxyl groups excluding tert-OH is 1. The van der Waals surface area contributed by atoms with Crippen LogP contribution in [0.1, 0.15) is 67.7 Å². The van der Waals surface area contributed by atoms with Crippen molar-refractivity contribution in [2.45, 2.75) is 128 Å². The first-order chi connectivity index (χ1) is 21.9. The molecule has 272 valence electrons. The molecule has 3 rings (SSSR count). The van der Waals surface area contributed by atoms with Crippen molar-refractivity contribution in [1.29, 1.82) is 0 Å². The van der Waals surface area contributed by atoms with Crippen LogP contribution in [0, 0.1) is 17.8 Å². The molecule has 5 unspecified atom stereocenters. The van der Waals surface area contributed by atoms with Crippen molar-refractivity contribution >= 4 is 17.8 Å². The molecular weight excluding hydrogens is 612 g/mol. The number of rotatable bonds is 8. The van der Waals surface area contributed by atoms with Crippen LogP contribution in [0.15, 0.2) is 0 Å². The summed E-state index contributed by atoms with van der Waals surface area (Å²) in [7, 11) is 8.72. The van der Waals surface area contributed by atoms with Gasteiger partial charge in [0.25, 0.3) is 0 Å². The maximum absolute atomic E-state index is 14.2. The van der Waals surface area contributed by atoms with Crippen LogP contribution in [0.3, 0.4) is 0 Å². The summed E-state index contributed by atoms with van der Waals surface area (Å²) < 4.78 is 30.9. The number of likely N-dealkylation sites (N-methyl/N-ethyl adjacent to an activating group) is 2. The highest BCUT2D eigenvalue weighted by Gasteiger charge is 2.55. The zero-order valence-corrected chi connectivity index (χ0v) is 30.4. The van der Waals surface area contributed by atoms with Crippen LogP contribution in [0.4, 0.5) is 4.79 Å². The van der Waals surface area contributed by atoms with E-state index in [1.165, 1.54) is 6.92 Å². The predicted octanol–water partition coefficient (Wildman–Crippen LogP) is 1.72. The Morgan fingerprint density at radius 3 is 2.30 bits per heavy atom. The number of hydrogen-bond acceptors (Lipinski definition) is 13. The predicted molar refractivity (Wildman–Crippen MR) is 173 cm³/mol. The molecule has 0 bridgehead atoms. The SMILES string of the molecule is CC[C@H]1OC(=O)C(C)C(=O)[C@H](C)[C@@H](OC2OC(CN(C)OC)CC(N(C)C)C2O)[C@](C)(OC)C[C@@H](C)CN[C@H](C)[C@H]2NC(=O)O[C@@]21C. The third kappa shape index (κ3) is 8.82. The molecule has 0 aromatic heterocycles. The maximum Gasteiger partial charge on any atom is 0.408 e. The topological polar surface area (TPSA) is 157 Å². The summed E-state index contributed by atoms with van der Waals surface area (Å²) in [6, 6.07) is -1.04. The number of methoxy groups -OCH3 is 1. The van der Waals surface area contributed by atoms with E-state index in [0.29, 0.717) is 32.4 Å². The Labute approximate surface area is 280 Å². The van der Waals surface area contributed by atoms with Crippen LogP contribution in [-0.4, -0.2) is 141 Å². The Kier molecular flexibility index (Phi) is 13.6. The second-order valence-electron chi connectivity index (χ2n) is 14.4. The van der Waals surface area contributed by atoms with Crippen molar-refractivity contribution < 1.29 is 48.0 Å². The lowest BCUT2D eigenvalue weighted by Crippen LogP contribution is -2.60. The highest BCUT2D eigenvalue weighted by molar-refractivity contribution is 6.00. The number of ketones is 1. The van der Waals surface area contributed by atoms with Gasteiger partial charge >= 0.3 is 12.1 Å². The van der Waals surface area contributed by atoms with Gasteiger partial charge in [0.1, 0.15) is 18.1 Å². The minimum Gasteiger partial charge on any atom is -0.458 e. The Balaban J connectivity index is 2.03. The third-order valence-electron chi connectivity index (χ3n) is 10.5. The summed E-state index contributed by atoms with van der Waals surface area (Å²) in [6.45, 7) is 13.7. The highest BCUT2D eigenvalue weighted by atomic mass is 16.7. The molecule has 1 amide bonds. The van der Waals surface area contributed by atoms with E-state index < -0.39 is 71.5 Å². The Morgan fingerprint density at radius 2 is 1.72 bits per heavy atom. The summed E-state index contributed by atoms with van der Waals surface area (Å²) in [4.78, 5) is 47.5. The lowest BCUT2D eigenvalue weighted by molar-refractivity contribution is -0.303. The molecule has 3 heterocycles.